The number of carboxylic acids is 1. The molecule has 0 saturated heterocycles. The number of hydrogen-bond donors (Lipinski definition) is 1. The van der Waals surface area contributed by atoms with Crippen LogP contribution in [0.3, 0.4) is 0 Å². The first kappa shape index (κ1) is 29.2. The van der Waals surface area contributed by atoms with Gasteiger partial charge >= 0.3 is 11.9 Å². The van der Waals surface area contributed by atoms with Crippen LogP contribution in [0.2, 0.25) is 0 Å². The molecule has 0 aliphatic heterocycles. The average molecular weight is 461 g/mol. The zero-order chi connectivity index (χ0) is 24.0. The molecule has 33 heavy (non-hydrogen) atoms. The van der Waals surface area contributed by atoms with Gasteiger partial charge in [-0.15, -0.1) is 0 Å². The Morgan fingerprint density at radius 2 is 1.30 bits per heavy atom. The van der Waals surface area contributed by atoms with Crippen molar-refractivity contribution < 1.29 is 19.4 Å². The summed E-state index contributed by atoms with van der Waals surface area (Å²) < 4.78 is 5.51. The standard InChI is InChI=1S/C29H48O4/c1-2-3-4-5-6-7-8-12-18-23-27(25-28(30)31)33-29(32)24-19-13-10-9-11-15-20-26-21-16-14-17-22-26/h14,16-17,21-22,27H,2-13,15,18-20,23-25H2,1H3,(H,30,31)/t27-/m1/s1. The Morgan fingerprint density at radius 3 is 1.91 bits per heavy atom. The predicted molar refractivity (Wildman–Crippen MR) is 136 cm³/mol. The fourth-order valence-electron chi connectivity index (χ4n) is 4.28. The van der Waals surface area contributed by atoms with E-state index in [1.165, 1.54) is 69.8 Å². The summed E-state index contributed by atoms with van der Waals surface area (Å²) in [6, 6.07) is 10.6. The number of ether oxygens (including phenoxy) is 1. The van der Waals surface area contributed by atoms with Gasteiger partial charge in [0.2, 0.25) is 0 Å². The van der Waals surface area contributed by atoms with Crippen molar-refractivity contribution in [2.45, 2.75) is 135 Å². The molecule has 0 aliphatic rings. The fraction of sp³-hybridized carbons (Fsp3) is 0.724. The third-order valence-electron chi connectivity index (χ3n) is 6.27. The molecule has 0 fully saturated rings. The average Bonchev–Trinajstić information content (AvgIpc) is 2.80. The highest BCUT2D eigenvalue weighted by Gasteiger charge is 2.17. The maximum absolute atomic E-state index is 12.2. The van der Waals surface area contributed by atoms with E-state index in [2.05, 4.69) is 37.3 Å². The molecule has 1 aromatic rings. The summed E-state index contributed by atoms with van der Waals surface area (Å²) >= 11 is 0. The van der Waals surface area contributed by atoms with Crippen molar-refractivity contribution in [3.05, 3.63) is 35.9 Å². The summed E-state index contributed by atoms with van der Waals surface area (Å²) in [5.74, 6) is -1.12. The SMILES string of the molecule is CCCCCCCCCCC[C@H](CC(=O)O)OC(=O)CCCCCCCCc1ccccc1. The van der Waals surface area contributed by atoms with Gasteiger partial charge in [-0.1, -0.05) is 114 Å². The second kappa shape index (κ2) is 20.7. The number of esters is 1. The molecule has 0 amide bonds. The molecule has 0 aromatic heterocycles. The maximum atomic E-state index is 12.2. The van der Waals surface area contributed by atoms with Crippen molar-refractivity contribution in [2.24, 2.45) is 0 Å². The first-order valence-corrected chi connectivity index (χ1v) is 13.6. The smallest absolute Gasteiger partial charge is 0.307 e. The van der Waals surface area contributed by atoms with Crippen molar-refractivity contribution in [1.29, 1.82) is 0 Å². The Hall–Kier alpha value is -1.84. The largest absolute Gasteiger partial charge is 0.481 e. The van der Waals surface area contributed by atoms with Gasteiger partial charge in [-0.05, 0) is 37.7 Å². The third-order valence-corrected chi connectivity index (χ3v) is 6.27. The highest BCUT2D eigenvalue weighted by molar-refractivity contribution is 5.71. The lowest BCUT2D eigenvalue weighted by Crippen LogP contribution is -2.21. The van der Waals surface area contributed by atoms with Crippen LogP contribution in [0, 0.1) is 0 Å². The van der Waals surface area contributed by atoms with Gasteiger partial charge in [-0.2, -0.15) is 0 Å². The van der Waals surface area contributed by atoms with E-state index in [9.17, 15) is 9.59 Å². The van der Waals surface area contributed by atoms with E-state index < -0.39 is 12.1 Å². The number of aliphatic carboxylic acids is 1. The van der Waals surface area contributed by atoms with Crippen molar-refractivity contribution >= 4 is 11.9 Å². The number of rotatable bonds is 22. The Bertz CT molecular complexity index is 599. The number of benzene rings is 1. The van der Waals surface area contributed by atoms with Crippen molar-refractivity contribution in [3.63, 3.8) is 0 Å². The van der Waals surface area contributed by atoms with Gasteiger partial charge < -0.3 is 9.84 Å². The topological polar surface area (TPSA) is 63.6 Å². The minimum Gasteiger partial charge on any atom is -0.481 e. The van der Waals surface area contributed by atoms with Crippen LogP contribution < -0.4 is 0 Å². The number of carbonyl (C=O) groups excluding carboxylic acids is 1. The lowest BCUT2D eigenvalue weighted by Gasteiger charge is -2.16. The minimum atomic E-state index is -0.890. The van der Waals surface area contributed by atoms with Crippen LogP contribution in [-0.2, 0) is 20.7 Å². The molecule has 0 spiro atoms. The lowest BCUT2D eigenvalue weighted by molar-refractivity contribution is -0.153. The summed E-state index contributed by atoms with van der Waals surface area (Å²) in [5, 5.41) is 9.14. The van der Waals surface area contributed by atoms with Gasteiger partial charge in [0, 0.05) is 6.42 Å². The zero-order valence-corrected chi connectivity index (χ0v) is 21.1. The van der Waals surface area contributed by atoms with E-state index in [1.807, 2.05) is 0 Å². The highest BCUT2D eigenvalue weighted by atomic mass is 16.5. The molecule has 0 radical (unpaired) electrons. The summed E-state index contributed by atoms with van der Waals surface area (Å²) in [5.41, 5.74) is 1.40. The second-order valence-corrected chi connectivity index (χ2v) is 9.43. The van der Waals surface area contributed by atoms with Crippen LogP contribution >= 0.6 is 0 Å². The number of unbranched alkanes of at least 4 members (excludes halogenated alkanes) is 13. The number of carbonyl (C=O) groups is 2. The molecule has 0 heterocycles. The Balaban J connectivity index is 2.04. The number of aryl methyl sites for hydroxylation is 1. The van der Waals surface area contributed by atoms with Gasteiger partial charge in [0.05, 0.1) is 6.42 Å². The Labute approximate surface area is 202 Å². The first-order chi connectivity index (χ1) is 16.1. The molecule has 4 heteroatoms. The van der Waals surface area contributed by atoms with E-state index in [0.29, 0.717) is 12.8 Å². The van der Waals surface area contributed by atoms with E-state index in [0.717, 1.165) is 38.5 Å². The summed E-state index contributed by atoms with van der Waals surface area (Å²) in [6.07, 6.45) is 19.3. The number of carboxylic acid groups (broad SMARTS) is 1. The van der Waals surface area contributed by atoms with Crippen LogP contribution in [0.15, 0.2) is 30.3 Å². The van der Waals surface area contributed by atoms with Crippen molar-refractivity contribution in [2.75, 3.05) is 0 Å². The van der Waals surface area contributed by atoms with Crippen LogP contribution in [0.4, 0.5) is 0 Å². The second-order valence-electron chi connectivity index (χ2n) is 9.43. The molecular formula is C29H48O4. The number of hydrogen-bond acceptors (Lipinski definition) is 3. The van der Waals surface area contributed by atoms with Crippen LogP contribution in [0.5, 0.6) is 0 Å². The van der Waals surface area contributed by atoms with Crippen LogP contribution in [0.1, 0.15) is 128 Å². The molecule has 1 N–H and O–H groups in total. The van der Waals surface area contributed by atoms with Crippen molar-refractivity contribution in [1.82, 2.24) is 0 Å². The maximum Gasteiger partial charge on any atom is 0.307 e. The Morgan fingerprint density at radius 1 is 0.758 bits per heavy atom. The van der Waals surface area contributed by atoms with Crippen molar-refractivity contribution in [3.8, 4) is 0 Å². The lowest BCUT2D eigenvalue weighted by atomic mass is 10.0. The fourth-order valence-corrected chi connectivity index (χ4v) is 4.28. The van der Waals surface area contributed by atoms with Gasteiger partial charge in [-0.3, -0.25) is 9.59 Å². The van der Waals surface area contributed by atoms with Crippen LogP contribution in [0.25, 0.3) is 0 Å². The monoisotopic (exact) mass is 460 g/mol. The van der Waals surface area contributed by atoms with E-state index in [1.54, 1.807) is 0 Å². The normalized spacial score (nSPS) is 11.9. The minimum absolute atomic E-state index is 0.0792. The molecule has 0 aliphatic carbocycles. The quantitative estimate of drug-likeness (QED) is 0.140. The summed E-state index contributed by atoms with van der Waals surface area (Å²) in [7, 11) is 0. The molecule has 0 unspecified atom stereocenters. The molecule has 188 valence electrons. The molecule has 4 nitrogen and oxygen atoms in total. The van der Waals surface area contributed by atoms with Crippen LogP contribution in [-0.4, -0.2) is 23.1 Å². The highest BCUT2D eigenvalue weighted by Crippen LogP contribution is 2.16. The van der Waals surface area contributed by atoms with E-state index >= 15 is 0 Å². The molecule has 0 bridgehead atoms. The van der Waals surface area contributed by atoms with Gasteiger partial charge in [0.15, 0.2) is 0 Å². The van der Waals surface area contributed by atoms with Gasteiger partial charge in [-0.25, -0.2) is 0 Å². The third kappa shape index (κ3) is 18.3. The van der Waals surface area contributed by atoms with E-state index in [-0.39, 0.29) is 12.4 Å². The summed E-state index contributed by atoms with van der Waals surface area (Å²) in [4.78, 5) is 23.3. The predicted octanol–water partition coefficient (Wildman–Crippen LogP) is 8.27. The molecule has 1 aromatic carbocycles. The zero-order valence-electron chi connectivity index (χ0n) is 21.1. The molecule has 1 atom stereocenters. The molecule has 1 rings (SSSR count). The first-order valence-electron chi connectivity index (χ1n) is 13.6. The Kier molecular flexibility index (Phi) is 18.4. The summed E-state index contributed by atoms with van der Waals surface area (Å²) in [6.45, 7) is 2.23. The van der Waals surface area contributed by atoms with E-state index in [4.69, 9.17) is 9.84 Å². The van der Waals surface area contributed by atoms with Gasteiger partial charge in [0.1, 0.15) is 6.10 Å². The molecule has 0 saturated carbocycles. The molecular weight excluding hydrogens is 412 g/mol. The van der Waals surface area contributed by atoms with Gasteiger partial charge in [0.25, 0.3) is 0 Å².